The highest BCUT2D eigenvalue weighted by Crippen LogP contribution is 2.29. The third-order valence-electron chi connectivity index (χ3n) is 5.03. The molecule has 0 saturated carbocycles. The van der Waals surface area contributed by atoms with E-state index in [0.29, 0.717) is 17.0 Å². The van der Waals surface area contributed by atoms with E-state index in [4.69, 9.17) is 9.47 Å². The van der Waals surface area contributed by atoms with Crippen molar-refractivity contribution >= 4 is 23.2 Å². The molecule has 2 N–H and O–H groups in total. The molecule has 2 aliphatic heterocycles. The predicted molar refractivity (Wildman–Crippen MR) is 110 cm³/mol. The number of nitrogens with one attached hydrogen (secondary N) is 2. The molecular weight excluding hydrogens is 370 g/mol. The minimum absolute atomic E-state index is 0.0443. The summed E-state index contributed by atoms with van der Waals surface area (Å²) in [7, 11) is 0. The van der Waals surface area contributed by atoms with Crippen molar-refractivity contribution in [1.29, 1.82) is 0 Å². The van der Waals surface area contributed by atoms with E-state index in [1.165, 1.54) is 0 Å². The number of rotatable bonds is 4. The topological polar surface area (TPSA) is 79.9 Å². The Balaban J connectivity index is 1.48. The molecule has 1 fully saturated rings. The lowest BCUT2D eigenvalue weighted by Crippen LogP contribution is -2.44. The van der Waals surface area contributed by atoms with Crippen molar-refractivity contribution in [2.75, 3.05) is 30.3 Å². The van der Waals surface area contributed by atoms with Gasteiger partial charge in [0, 0.05) is 30.9 Å². The van der Waals surface area contributed by atoms with E-state index >= 15 is 0 Å². The van der Waals surface area contributed by atoms with Crippen LogP contribution in [0.5, 0.6) is 5.75 Å². The van der Waals surface area contributed by atoms with Gasteiger partial charge in [-0.15, -0.1) is 0 Å². The molecule has 1 saturated heterocycles. The third kappa shape index (κ3) is 4.58. The number of ether oxygens (including phenoxy) is 2. The molecule has 0 spiro atoms. The number of hydrogen-bond donors (Lipinski definition) is 2. The van der Waals surface area contributed by atoms with Gasteiger partial charge in [-0.2, -0.15) is 0 Å². The van der Waals surface area contributed by atoms with Gasteiger partial charge in [-0.3, -0.25) is 14.5 Å². The number of hydrogen-bond acceptors (Lipinski definition) is 5. The van der Waals surface area contributed by atoms with E-state index in [1.807, 2.05) is 24.3 Å². The first kappa shape index (κ1) is 19.4. The number of carbonyl (C=O) groups is 2. The molecule has 2 unspecified atom stereocenters. The van der Waals surface area contributed by atoms with Crippen LogP contribution in [0.1, 0.15) is 29.8 Å². The second kappa shape index (κ2) is 8.23. The molecule has 152 valence electrons. The highest BCUT2D eigenvalue weighted by Gasteiger charge is 2.23. The van der Waals surface area contributed by atoms with Crippen LogP contribution in [-0.2, 0) is 16.1 Å². The summed E-state index contributed by atoms with van der Waals surface area (Å²) in [5.41, 5.74) is 2.90. The molecule has 2 aromatic rings. The smallest absolute Gasteiger partial charge is 0.262 e. The van der Waals surface area contributed by atoms with E-state index in [0.717, 1.165) is 30.9 Å². The van der Waals surface area contributed by atoms with Crippen LogP contribution in [0.25, 0.3) is 0 Å². The quantitative estimate of drug-likeness (QED) is 0.832. The third-order valence-corrected chi connectivity index (χ3v) is 5.03. The minimum atomic E-state index is -0.218. The molecule has 0 aliphatic carbocycles. The van der Waals surface area contributed by atoms with Gasteiger partial charge in [0.05, 0.1) is 17.9 Å². The fraction of sp³-hybridized carbons (Fsp3) is 0.364. The fourth-order valence-electron chi connectivity index (χ4n) is 3.84. The Morgan fingerprint density at radius 3 is 2.72 bits per heavy atom. The zero-order valence-corrected chi connectivity index (χ0v) is 16.6. The van der Waals surface area contributed by atoms with Gasteiger partial charge in [0.2, 0.25) is 0 Å². The summed E-state index contributed by atoms with van der Waals surface area (Å²) in [5, 5.41) is 5.74. The van der Waals surface area contributed by atoms with Gasteiger partial charge in [-0.05, 0) is 43.7 Å². The molecule has 29 heavy (non-hydrogen) atoms. The van der Waals surface area contributed by atoms with Crippen LogP contribution >= 0.6 is 0 Å². The molecule has 4 rings (SSSR count). The highest BCUT2D eigenvalue weighted by atomic mass is 16.5. The zero-order chi connectivity index (χ0) is 20.4. The highest BCUT2D eigenvalue weighted by molar-refractivity contribution is 6.06. The summed E-state index contributed by atoms with van der Waals surface area (Å²) in [6.07, 6.45) is 0.382. The molecule has 2 atom stereocenters. The minimum Gasteiger partial charge on any atom is -0.482 e. The Morgan fingerprint density at radius 1 is 1.17 bits per heavy atom. The summed E-state index contributed by atoms with van der Waals surface area (Å²) in [6, 6.07) is 12.9. The second-order valence-corrected chi connectivity index (χ2v) is 7.61. The standard InChI is InChI=1S/C22H25N3O4/c1-14-10-25(11-15(2)29-14)12-17-5-3-4-6-18(17)24-22(27)16-7-8-19-20(9-16)28-13-21(26)23-19/h3-9,14-15H,10-13H2,1-2H3,(H,23,26)(H,24,27). The molecule has 7 heteroatoms. The van der Waals surface area contributed by atoms with Crippen LogP contribution in [0.4, 0.5) is 11.4 Å². The Bertz CT molecular complexity index is 920. The summed E-state index contributed by atoms with van der Waals surface area (Å²) >= 11 is 0. The Kier molecular flexibility index (Phi) is 5.51. The van der Waals surface area contributed by atoms with Crippen LogP contribution in [0.3, 0.4) is 0 Å². The molecule has 0 radical (unpaired) electrons. The van der Waals surface area contributed by atoms with Gasteiger partial charge in [-0.1, -0.05) is 18.2 Å². The normalized spacial score (nSPS) is 21.7. The van der Waals surface area contributed by atoms with Crippen LogP contribution in [0.15, 0.2) is 42.5 Å². The summed E-state index contributed by atoms with van der Waals surface area (Å²) in [6.45, 7) is 6.58. The van der Waals surface area contributed by atoms with Crippen LogP contribution in [0, 0.1) is 0 Å². The van der Waals surface area contributed by atoms with Crippen molar-refractivity contribution in [1.82, 2.24) is 4.90 Å². The number of morpholine rings is 1. The van der Waals surface area contributed by atoms with E-state index in [1.54, 1.807) is 18.2 Å². The Hall–Kier alpha value is -2.90. The van der Waals surface area contributed by atoms with Crippen molar-refractivity contribution in [3.8, 4) is 5.75 Å². The molecule has 0 bridgehead atoms. The molecule has 2 aliphatic rings. The predicted octanol–water partition coefficient (Wildman–Crippen LogP) is 2.88. The largest absolute Gasteiger partial charge is 0.482 e. The van der Waals surface area contributed by atoms with Gasteiger partial charge >= 0.3 is 0 Å². The molecule has 7 nitrogen and oxygen atoms in total. The van der Waals surface area contributed by atoms with Crippen molar-refractivity contribution in [2.45, 2.75) is 32.6 Å². The molecule has 2 amide bonds. The van der Waals surface area contributed by atoms with Gasteiger partial charge in [-0.25, -0.2) is 0 Å². The maximum Gasteiger partial charge on any atom is 0.262 e. The summed E-state index contributed by atoms with van der Waals surface area (Å²) in [4.78, 5) is 26.6. The molecule has 2 heterocycles. The number of benzene rings is 2. The van der Waals surface area contributed by atoms with Crippen molar-refractivity contribution < 1.29 is 19.1 Å². The van der Waals surface area contributed by atoms with E-state index in [2.05, 4.69) is 29.4 Å². The van der Waals surface area contributed by atoms with E-state index < -0.39 is 0 Å². The lowest BCUT2D eigenvalue weighted by molar-refractivity contribution is -0.118. The van der Waals surface area contributed by atoms with Gasteiger partial charge in [0.1, 0.15) is 5.75 Å². The SMILES string of the molecule is CC1CN(Cc2ccccc2NC(=O)c2ccc3c(c2)OCC(=O)N3)CC(C)O1. The molecule has 2 aromatic carbocycles. The van der Waals surface area contributed by atoms with Gasteiger partial charge in [0.25, 0.3) is 11.8 Å². The summed E-state index contributed by atoms with van der Waals surface area (Å²) in [5.74, 6) is 0.0849. The Labute approximate surface area is 170 Å². The molecule has 0 aromatic heterocycles. The summed E-state index contributed by atoms with van der Waals surface area (Å²) < 4.78 is 11.2. The number of fused-ring (bicyclic) bond motifs is 1. The number of carbonyl (C=O) groups excluding carboxylic acids is 2. The average Bonchev–Trinajstić information content (AvgIpc) is 2.68. The van der Waals surface area contributed by atoms with Crippen molar-refractivity contribution in [3.63, 3.8) is 0 Å². The number of amides is 2. The van der Waals surface area contributed by atoms with E-state index in [9.17, 15) is 9.59 Å². The Morgan fingerprint density at radius 2 is 1.93 bits per heavy atom. The fourth-order valence-corrected chi connectivity index (χ4v) is 3.84. The van der Waals surface area contributed by atoms with Crippen LogP contribution in [-0.4, -0.2) is 48.6 Å². The van der Waals surface area contributed by atoms with Crippen molar-refractivity contribution in [2.24, 2.45) is 0 Å². The maximum atomic E-state index is 12.8. The van der Waals surface area contributed by atoms with Crippen molar-refractivity contribution in [3.05, 3.63) is 53.6 Å². The molecular formula is C22H25N3O4. The number of para-hydroxylation sites is 1. The van der Waals surface area contributed by atoms with Crippen LogP contribution < -0.4 is 15.4 Å². The van der Waals surface area contributed by atoms with Gasteiger partial charge in [0.15, 0.2) is 6.61 Å². The van der Waals surface area contributed by atoms with Crippen LogP contribution in [0.2, 0.25) is 0 Å². The first-order valence-electron chi connectivity index (χ1n) is 9.81. The lowest BCUT2D eigenvalue weighted by atomic mass is 10.1. The average molecular weight is 395 g/mol. The van der Waals surface area contributed by atoms with E-state index in [-0.39, 0.29) is 30.6 Å². The maximum absolute atomic E-state index is 12.8. The zero-order valence-electron chi connectivity index (χ0n) is 16.6. The first-order chi connectivity index (χ1) is 14.0. The number of anilines is 2. The van der Waals surface area contributed by atoms with Gasteiger partial charge < -0.3 is 20.1 Å². The number of nitrogens with zero attached hydrogens (tertiary/aromatic N) is 1. The monoisotopic (exact) mass is 395 g/mol. The first-order valence-corrected chi connectivity index (χ1v) is 9.81. The second-order valence-electron chi connectivity index (χ2n) is 7.61. The lowest BCUT2D eigenvalue weighted by Gasteiger charge is -2.35.